The third-order valence-corrected chi connectivity index (χ3v) is 2.30. The highest BCUT2D eigenvalue weighted by Gasteiger charge is 2.03. The second-order valence-electron chi connectivity index (χ2n) is 3.14. The van der Waals surface area contributed by atoms with Gasteiger partial charge in [0.05, 0.1) is 0 Å². The normalized spacial score (nSPS) is 12.1. The second-order valence-corrected chi connectivity index (χ2v) is 4.57. The number of benzene rings is 1. The van der Waals surface area contributed by atoms with Gasteiger partial charge in [0.25, 0.3) is 0 Å². The first-order chi connectivity index (χ1) is 6.58. The number of rotatable bonds is 3. The van der Waals surface area contributed by atoms with Crippen LogP contribution in [0.4, 0.5) is 5.69 Å². The Morgan fingerprint density at radius 3 is 2.79 bits per heavy atom. The fourth-order valence-electron chi connectivity index (χ4n) is 1.10. The van der Waals surface area contributed by atoms with Crippen molar-refractivity contribution in [1.82, 2.24) is 0 Å². The molecule has 76 valence electrons. The number of hydrogen-bond acceptors (Lipinski definition) is 2. The molecule has 0 spiro atoms. The lowest BCUT2D eigenvalue weighted by atomic mass is 10.2. The predicted molar refractivity (Wildman–Crippen MR) is 58.7 cm³/mol. The minimum Gasteiger partial charge on any atom is -0.325 e. The molecule has 0 aliphatic carbocycles. The second kappa shape index (κ2) is 4.91. The third-order valence-electron chi connectivity index (χ3n) is 1.64. The maximum atomic E-state index is 11.2. The average molecular weight is 211 g/mol. The molecule has 0 aliphatic heterocycles. The first-order valence-electron chi connectivity index (χ1n) is 4.24. The van der Waals surface area contributed by atoms with Crippen molar-refractivity contribution in [3.63, 3.8) is 0 Å². The van der Waals surface area contributed by atoms with Crippen molar-refractivity contribution in [1.29, 1.82) is 0 Å². The van der Waals surface area contributed by atoms with Crippen molar-refractivity contribution in [2.75, 3.05) is 17.3 Å². The quantitative estimate of drug-likeness (QED) is 0.819. The van der Waals surface area contributed by atoms with Gasteiger partial charge in [-0.15, -0.1) is 0 Å². The number of anilines is 1. The van der Waals surface area contributed by atoms with Crippen LogP contribution in [0.15, 0.2) is 24.3 Å². The van der Waals surface area contributed by atoms with E-state index in [0.717, 1.165) is 11.3 Å². The lowest BCUT2D eigenvalue weighted by Crippen LogP contribution is -2.18. The fourth-order valence-corrected chi connectivity index (χ4v) is 1.55. The van der Waals surface area contributed by atoms with Gasteiger partial charge in [0.2, 0.25) is 5.91 Å². The molecule has 1 rings (SSSR count). The maximum absolute atomic E-state index is 11.2. The van der Waals surface area contributed by atoms with Crippen LogP contribution < -0.4 is 5.32 Å². The molecule has 1 N–H and O–H groups in total. The molecule has 1 atom stereocenters. The molecule has 4 heteroatoms. The maximum Gasteiger partial charge on any atom is 0.236 e. The minimum absolute atomic E-state index is 0.0495. The Balaban J connectivity index is 2.60. The van der Waals surface area contributed by atoms with Crippen molar-refractivity contribution in [2.24, 2.45) is 0 Å². The van der Waals surface area contributed by atoms with E-state index in [1.54, 1.807) is 0 Å². The zero-order chi connectivity index (χ0) is 10.6. The number of amides is 1. The zero-order valence-electron chi connectivity index (χ0n) is 8.24. The summed E-state index contributed by atoms with van der Waals surface area (Å²) in [7, 11) is -1.09. The molecule has 14 heavy (non-hydrogen) atoms. The van der Waals surface area contributed by atoms with Crippen LogP contribution in [-0.4, -0.2) is 22.1 Å². The SMILES string of the molecule is Cc1cccc(NC(=O)CS(C)=O)c1. The van der Waals surface area contributed by atoms with Crippen LogP contribution in [0.25, 0.3) is 0 Å². The van der Waals surface area contributed by atoms with E-state index in [0.29, 0.717) is 0 Å². The van der Waals surface area contributed by atoms with Crippen molar-refractivity contribution < 1.29 is 9.00 Å². The minimum atomic E-state index is -1.09. The summed E-state index contributed by atoms with van der Waals surface area (Å²) in [5.41, 5.74) is 1.83. The molecule has 0 aromatic heterocycles. The van der Waals surface area contributed by atoms with Gasteiger partial charge >= 0.3 is 0 Å². The highest BCUT2D eigenvalue weighted by atomic mass is 32.2. The molecule has 3 nitrogen and oxygen atoms in total. The topological polar surface area (TPSA) is 46.2 Å². The summed E-state index contributed by atoms with van der Waals surface area (Å²) in [6.07, 6.45) is 1.51. The van der Waals surface area contributed by atoms with Gasteiger partial charge in [-0.2, -0.15) is 0 Å². The van der Waals surface area contributed by atoms with Crippen LogP contribution in [0.1, 0.15) is 5.56 Å². The largest absolute Gasteiger partial charge is 0.325 e. The Morgan fingerprint density at radius 2 is 2.21 bits per heavy atom. The van der Waals surface area contributed by atoms with E-state index >= 15 is 0 Å². The average Bonchev–Trinajstić information content (AvgIpc) is 2.01. The van der Waals surface area contributed by atoms with Gasteiger partial charge in [-0.05, 0) is 24.6 Å². The van der Waals surface area contributed by atoms with Gasteiger partial charge in [0, 0.05) is 22.7 Å². The molecular weight excluding hydrogens is 198 g/mol. The molecule has 0 saturated heterocycles. The summed E-state index contributed by atoms with van der Waals surface area (Å²) in [6.45, 7) is 1.95. The lowest BCUT2D eigenvalue weighted by Gasteiger charge is -2.04. The number of hydrogen-bond donors (Lipinski definition) is 1. The van der Waals surface area contributed by atoms with Crippen LogP contribution in [0.5, 0.6) is 0 Å². The van der Waals surface area contributed by atoms with E-state index < -0.39 is 10.8 Å². The van der Waals surface area contributed by atoms with E-state index in [9.17, 15) is 9.00 Å². The first kappa shape index (κ1) is 10.9. The summed E-state index contributed by atoms with van der Waals surface area (Å²) in [4.78, 5) is 11.2. The van der Waals surface area contributed by atoms with Crippen molar-refractivity contribution in [3.05, 3.63) is 29.8 Å². The van der Waals surface area contributed by atoms with Crippen LogP contribution in [0.2, 0.25) is 0 Å². The van der Waals surface area contributed by atoms with Crippen molar-refractivity contribution >= 4 is 22.4 Å². The molecule has 0 bridgehead atoms. The van der Waals surface area contributed by atoms with E-state index in [1.807, 2.05) is 31.2 Å². The van der Waals surface area contributed by atoms with E-state index in [-0.39, 0.29) is 11.7 Å². The Labute approximate surface area is 86.0 Å². The number of nitrogens with one attached hydrogen (secondary N) is 1. The van der Waals surface area contributed by atoms with Crippen LogP contribution in [0.3, 0.4) is 0 Å². The van der Waals surface area contributed by atoms with Gasteiger partial charge in [-0.3, -0.25) is 9.00 Å². The van der Waals surface area contributed by atoms with Gasteiger partial charge in [0.15, 0.2) is 0 Å². The lowest BCUT2D eigenvalue weighted by molar-refractivity contribution is -0.113. The van der Waals surface area contributed by atoms with E-state index in [4.69, 9.17) is 0 Å². The Hall–Kier alpha value is -1.16. The highest BCUT2D eigenvalue weighted by molar-refractivity contribution is 7.85. The molecule has 0 heterocycles. The van der Waals surface area contributed by atoms with E-state index in [1.165, 1.54) is 6.26 Å². The number of carbonyl (C=O) groups excluding carboxylic acids is 1. The predicted octanol–water partition coefficient (Wildman–Crippen LogP) is 1.31. The van der Waals surface area contributed by atoms with Crippen LogP contribution in [-0.2, 0) is 15.6 Å². The van der Waals surface area contributed by atoms with Crippen molar-refractivity contribution in [3.8, 4) is 0 Å². The molecule has 0 fully saturated rings. The van der Waals surface area contributed by atoms with Gasteiger partial charge in [0.1, 0.15) is 5.75 Å². The van der Waals surface area contributed by atoms with E-state index in [2.05, 4.69) is 5.32 Å². The monoisotopic (exact) mass is 211 g/mol. The summed E-state index contributed by atoms with van der Waals surface area (Å²) >= 11 is 0. The zero-order valence-corrected chi connectivity index (χ0v) is 9.06. The number of aryl methyl sites for hydroxylation is 1. The first-order valence-corrected chi connectivity index (χ1v) is 5.97. The van der Waals surface area contributed by atoms with Crippen LogP contribution >= 0.6 is 0 Å². The van der Waals surface area contributed by atoms with Crippen molar-refractivity contribution in [2.45, 2.75) is 6.92 Å². The molecular formula is C10H13NO2S. The van der Waals surface area contributed by atoms with Gasteiger partial charge in [-0.25, -0.2) is 0 Å². The summed E-state index contributed by atoms with van der Waals surface area (Å²) < 4.78 is 10.8. The molecule has 0 aliphatic rings. The summed E-state index contributed by atoms with van der Waals surface area (Å²) in [6, 6.07) is 7.50. The molecule has 1 amide bonds. The summed E-state index contributed by atoms with van der Waals surface area (Å²) in [5, 5.41) is 2.68. The van der Waals surface area contributed by atoms with Crippen LogP contribution in [0, 0.1) is 6.92 Å². The Kier molecular flexibility index (Phi) is 3.83. The molecule has 0 radical (unpaired) electrons. The third kappa shape index (κ3) is 3.70. The summed E-state index contributed by atoms with van der Waals surface area (Å²) in [5.74, 6) is -0.162. The smallest absolute Gasteiger partial charge is 0.236 e. The molecule has 0 saturated carbocycles. The standard InChI is InChI=1S/C10H13NO2S/c1-8-4-3-5-9(6-8)11-10(12)7-14(2)13/h3-6H,7H2,1-2H3,(H,11,12). The molecule has 1 aromatic rings. The number of carbonyl (C=O) groups is 1. The van der Waals surface area contributed by atoms with Gasteiger partial charge in [-0.1, -0.05) is 12.1 Å². The molecule has 1 unspecified atom stereocenters. The molecule has 1 aromatic carbocycles. The highest BCUT2D eigenvalue weighted by Crippen LogP contribution is 2.09. The fraction of sp³-hybridized carbons (Fsp3) is 0.300. The Morgan fingerprint density at radius 1 is 1.50 bits per heavy atom. The van der Waals surface area contributed by atoms with Gasteiger partial charge < -0.3 is 5.32 Å². The Bertz CT molecular complexity index is 363.